The Labute approximate surface area is 116 Å². The minimum atomic E-state index is -0.458. The van der Waals surface area contributed by atoms with Gasteiger partial charge in [-0.3, -0.25) is 10.2 Å². The maximum absolute atomic E-state index is 11.2. The average Bonchev–Trinajstić information content (AvgIpc) is 2.37. The van der Waals surface area contributed by atoms with Gasteiger partial charge in [0.2, 0.25) is 0 Å². The van der Waals surface area contributed by atoms with Crippen molar-refractivity contribution < 1.29 is 0 Å². The third kappa shape index (κ3) is 3.18. The number of anilines is 1. The summed E-state index contributed by atoms with van der Waals surface area (Å²) < 4.78 is 0.995. The van der Waals surface area contributed by atoms with E-state index in [0.717, 1.165) is 10.0 Å². The van der Waals surface area contributed by atoms with Crippen molar-refractivity contribution in [2.75, 3.05) is 5.43 Å². The van der Waals surface area contributed by atoms with Crippen LogP contribution in [0.2, 0.25) is 5.02 Å². The predicted molar refractivity (Wildman–Crippen MR) is 75.2 cm³/mol. The third-order valence-corrected chi connectivity index (χ3v) is 2.97. The molecule has 0 saturated heterocycles. The molecule has 0 bridgehead atoms. The van der Waals surface area contributed by atoms with Gasteiger partial charge < -0.3 is 0 Å². The Balaban J connectivity index is 2.09. The lowest BCUT2D eigenvalue weighted by Gasteiger charge is -2.00. The number of H-pyrrole nitrogens is 1. The normalized spacial score (nSPS) is 10.8. The molecule has 5 nitrogen and oxygen atoms in total. The highest BCUT2D eigenvalue weighted by Crippen LogP contribution is 2.14. The topological polar surface area (TPSA) is 70.1 Å². The molecule has 0 radical (unpaired) electrons. The molecule has 7 heteroatoms. The first-order valence-corrected chi connectivity index (χ1v) is 6.12. The minimum Gasteiger partial charge on any atom is -0.275 e. The van der Waals surface area contributed by atoms with Gasteiger partial charge in [0.05, 0.1) is 12.4 Å². The summed E-state index contributed by atoms with van der Waals surface area (Å²) in [6.45, 7) is 0. The van der Waals surface area contributed by atoms with Crippen molar-refractivity contribution in [2.45, 2.75) is 0 Å². The standard InChI is InChI=1S/C11H8BrClN4O/c12-8-3-1-7(2-4-8)5-14-16-9-6-15-17-11(18)10(9)13/h1-6H,(H2,16,17,18). The summed E-state index contributed by atoms with van der Waals surface area (Å²) in [7, 11) is 0. The summed E-state index contributed by atoms with van der Waals surface area (Å²) >= 11 is 9.11. The van der Waals surface area contributed by atoms with Gasteiger partial charge in [0, 0.05) is 4.47 Å². The smallest absolute Gasteiger partial charge is 0.275 e. The Kier molecular flexibility index (Phi) is 4.11. The highest BCUT2D eigenvalue weighted by atomic mass is 79.9. The maximum atomic E-state index is 11.2. The van der Waals surface area contributed by atoms with Crippen molar-refractivity contribution in [3.63, 3.8) is 0 Å². The fraction of sp³-hybridized carbons (Fsp3) is 0. The second kappa shape index (κ2) is 5.79. The predicted octanol–water partition coefficient (Wildman–Crippen LogP) is 2.63. The zero-order chi connectivity index (χ0) is 13.0. The number of aromatic nitrogens is 2. The SMILES string of the molecule is O=c1[nH]ncc(NN=Cc2ccc(Br)cc2)c1Cl. The number of halogens is 2. The molecule has 0 aliphatic carbocycles. The van der Waals surface area contributed by atoms with Crippen molar-refractivity contribution in [3.05, 3.63) is 55.9 Å². The minimum absolute atomic E-state index is 0.0259. The zero-order valence-corrected chi connectivity index (χ0v) is 11.4. The first-order valence-electron chi connectivity index (χ1n) is 4.94. The van der Waals surface area contributed by atoms with Gasteiger partial charge in [-0.2, -0.15) is 10.2 Å². The van der Waals surface area contributed by atoms with E-state index in [1.165, 1.54) is 6.20 Å². The van der Waals surface area contributed by atoms with Crippen molar-refractivity contribution in [2.24, 2.45) is 5.10 Å². The van der Waals surface area contributed by atoms with Gasteiger partial charge in [0.1, 0.15) is 10.7 Å². The van der Waals surface area contributed by atoms with Crippen molar-refractivity contribution >= 4 is 39.4 Å². The molecule has 1 aromatic heterocycles. The van der Waals surface area contributed by atoms with Crippen LogP contribution < -0.4 is 11.0 Å². The van der Waals surface area contributed by atoms with Crippen LogP contribution in [0.5, 0.6) is 0 Å². The number of hydrogen-bond donors (Lipinski definition) is 2. The summed E-state index contributed by atoms with van der Waals surface area (Å²) in [5.74, 6) is 0. The molecule has 92 valence electrons. The van der Waals surface area contributed by atoms with E-state index in [2.05, 4.69) is 36.7 Å². The molecule has 0 aliphatic rings. The number of benzene rings is 1. The number of nitrogens with zero attached hydrogens (tertiary/aromatic N) is 2. The Morgan fingerprint density at radius 1 is 1.39 bits per heavy atom. The highest BCUT2D eigenvalue weighted by Gasteiger charge is 2.02. The second-order valence-electron chi connectivity index (χ2n) is 3.35. The quantitative estimate of drug-likeness (QED) is 0.672. The molecule has 0 aliphatic heterocycles. The van der Waals surface area contributed by atoms with Crippen molar-refractivity contribution in [1.82, 2.24) is 10.2 Å². The van der Waals surface area contributed by atoms with E-state index in [9.17, 15) is 4.79 Å². The summed E-state index contributed by atoms with van der Waals surface area (Å²) in [6.07, 6.45) is 3.01. The highest BCUT2D eigenvalue weighted by molar-refractivity contribution is 9.10. The Bertz CT molecular complexity index is 624. The van der Waals surface area contributed by atoms with E-state index in [1.54, 1.807) is 6.21 Å². The van der Waals surface area contributed by atoms with Gasteiger partial charge in [-0.25, -0.2) is 5.10 Å². The van der Waals surface area contributed by atoms with Crippen molar-refractivity contribution in [3.8, 4) is 0 Å². The molecule has 2 rings (SSSR count). The molecule has 18 heavy (non-hydrogen) atoms. The van der Waals surface area contributed by atoms with Crippen LogP contribution >= 0.6 is 27.5 Å². The molecule has 2 N–H and O–H groups in total. The molecular weight excluding hydrogens is 320 g/mol. The van der Waals surface area contributed by atoms with E-state index in [-0.39, 0.29) is 5.02 Å². The molecule has 0 saturated carbocycles. The summed E-state index contributed by atoms with van der Waals surface area (Å²) in [5.41, 5.74) is 3.47. The molecule has 2 aromatic rings. The number of nitrogens with one attached hydrogen (secondary N) is 2. The zero-order valence-electron chi connectivity index (χ0n) is 9.02. The molecule has 0 amide bonds. The Morgan fingerprint density at radius 2 is 2.11 bits per heavy atom. The summed E-state index contributed by atoms with van der Waals surface area (Å²) in [6, 6.07) is 7.60. The molecule has 0 fully saturated rings. The Morgan fingerprint density at radius 3 is 2.83 bits per heavy atom. The first-order chi connectivity index (χ1) is 8.66. The molecule has 1 heterocycles. The van der Waals surface area contributed by atoms with Gasteiger partial charge in [-0.1, -0.05) is 39.7 Å². The van der Waals surface area contributed by atoms with E-state index in [1.807, 2.05) is 24.3 Å². The van der Waals surface area contributed by atoms with Crippen LogP contribution in [0, 0.1) is 0 Å². The molecular formula is C11H8BrClN4O. The number of rotatable bonds is 3. The lowest BCUT2D eigenvalue weighted by Crippen LogP contribution is -2.10. The van der Waals surface area contributed by atoms with Gasteiger partial charge >= 0.3 is 0 Å². The van der Waals surface area contributed by atoms with Gasteiger partial charge in [0.15, 0.2) is 0 Å². The van der Waals surface area contributed by atoms with Crippen LogP contribution in [0.4, 0.5) is 5.69 Å². The van der Waals surface area contributed by atoms with Gasteiger partial charge in [-0.05, 0) is 17.7 Å². The van der Waals surface area contributed by atoms with E-state index >= 15 is 0 Å². The first kappa shape index (κ1) is 12.8. The van der Waals surface area contributed by atoms with Crippen LogP contribution in [0.3, 0.4) is 0 Å². The number of hydrazone groups is 1. The fourth-order valence-electron chi connectivity index (χ4n) is 1.19. The second-order valence-corrected chi connectivity index (χ2v) is 4.64. The fourth-order valence-corrected chi connectivity index (χ4v) is 1.58. The monoisotopic (exact) mass is 326 g/mol. The maximum Gasteiger partial charge on any atom is 0.285 e. The Hall–Kier alpha value is -1.66. The lowest BCUT2D eigenvalue weighted by molar-refractivity contribution is 0.987. The van der Waals surface area contributed by atoms with E-state index in [4.69, 9.17) is 11.6 Å². The van der Waals surface area contributed by atoms with Crippen LogP contribution in [-0.2, 0) is 0 Å². The largest absolute Gasteiger partial charge is 0.285 e. The van der Waals surface area contributed by atoms with Gasteiger partial charge in [0.25, 0.3) is 5.56 Å². The van der Waals surface area contributed by atoms with Crippen LogP contribution in [0.15, 0.2) is 44.8 Å². The van der Waals surface area contributed by atoms with Gasteiger partial charge in [-0.15, -0.1) is 0 Å². The molecule has 0 unspecified atom stereocenters. The van der Waals surface area contributed by atoms with E-state index < -0.39 is 5.56 Å². The summed E-state index contributed by atoms with van der Waals surface area (Å²) in [4.78, 5) is 11.2. The van der Waals surface area contributed by atoms with Crippen molar-refractivity contribution in [1.29, 1.82) is 0 Å². The third-order valence-electron chi connectivity index (χ3n) is 2.06. The number of hydrogen-bond acceptors (Lipinski definition) is 4. The average molecular weight is 328 g/mol. The number of aromatic amines is 1. The molecule has 1 aromatic carbocycles. The molecule has 0 spiro atoms. The van der Waals surface area contributed by atoms with E-state index in [0.29, 0.717) is 5.69 Å². The van der Waals surface area contributed by atoms with Crippen LogP contribution in [-0.4, -0.2) is 16.4 Å². The van der Waals surface area contributed by atoms with Crippen LogP contribution in [0.25, 0.3) is 0 Å². The van der Waals surface area contributed by atoms with Crippen LogP contribution in [0.1, 0.15) is 5.56 Å². The molecule has 0 atom stereocenters. The lowest BCUT2D eigenvalue weighted by atomic mass is 10.2. The summed E-state index contributed by atoms with van der Waals surface area (Å²) in [5, 5.41) is 9.84.